The molecule has 0 fully saturated rings. The Kier molecular flexibility index (Phi) is 4.47. The molecule has 1 rings (SSSR count). The molecule has 1 atom stereocenters. The van der Waals surface area contributed by atoms with Crippen LogP contribution in [0.15, 0.2) is 24.3 Å². The molecule has 92 valence electrons. The normalized spacial score (nSPS) is 11.8. The molecular formula is C11H16N4O2. The Morgan fingerprint density at radius 3 is 2.71 bits per heavy atom. The third kappa shape index (κ3) is 4.52. The molecule has 0 aliphatic carbocycles. The Hall–Kier alpha value is -2.08. The summed E-state index contributed by atoms with van der Waals surface area (Å²) in [6.45, 7) is 0.436. The van der Waals surface area contributed by atoms with Gasteiger partial charge in [-0.1, -0.05) is 24.3 Å². The first-order chi connectivity index (χ1) is 7.99. The van der Waals surface area contributed by atoms with Crippen LogP contribution < -0.4 is 16.8 Å². The number of nitrogens with two attached hydrogens (primary N) is 2. The summed E-state index contributed by atoms with van der Waals surface area (Å²) in [6.07, 6.45) is 0.281. The van der Waals surface area contributed by atoms with Crippen LogP contribution in [0.1, 0.15) is 11.1 Å². The van der Waals surface area contributed by atoms with Crippen molar-refractivity contribution in [3.63, 3.8) is 0 Å². The topological polar surface area (TPSA) is 125 Å². The van der Waals surface area contributed by atoms with Crippen molar-refractivity contribution in [1.29, 1.82) is 5.41 Å². The lowest BCUT2D eigenvalue weighted by Gasteiger charge is -2.09. The fourth-order valence-corrected chi connectivity index (χ4v) is 1.41. The van der Waals surface area contributed by atoms with E-state index < -0.39 is 12.0 Å². The molecule has 6 heteroatoms. The number of carboxylic acid groups (broad SMARTS) is 1. The average molecular weight is 236 g/mol. The number of rotatable bonds is 5. The van der Waals surface area contributed by atoms with Gasteiger partial charge in [0.2, 0.25) is 0 Å². The van der Waals surface area contributed by atoms with Gasteiger partial charge in [-0.2, -0.15) is 0 Å². The van der Waals surface area contributed by atoms with Crippen LogP contribution in [0.3, 0.4) is 0 Å². The number of carboxylic acids is 1. The summed E-state index contributed by atoms with van der Waals surface area (Å²) in [6, 6.07) is 6.46. The number of hydrogen-bond acceptors (Lipinski definition) is 3. The highest BCUT2D eigenvalue weighted by Gasteiger charge is 2.11. The summed E-state index contributed by atoms with van der Waals surface area (Å²) in [5.74, 6) is -1.12. The number of nitrogens with one attached hydrogen (secondary N) is 2. The molecule has 0 bridgehead atoms. The van der Waals surface area contributed by atoms with Crippen LogP contribution in [0.2, 0.25) is 0 Å². The summed E-state index contributed by atoms with van der Waals surface area (Å²) < 4.78 is 0. The number of guanidine groups is 1. The van der Waals surface area contributed by atoms with Crippen LogP contribution in [0.25, 0.3) is 0 Å². The van der Waals surface area contributed by atoms with Gasteiger partial charge in [0.15, 0.2) is 5.96 Å². The molecule has 0 aliphatic heterocycles. The minimum absolute atomic E-state index is 0.0994. The van der Waals surface area contributed by atoms with Crippen molar-refractivity contribution in [2.75, 3.05) is 0 Å². The van der Waals surface area contributed by atoms with E-state index in [-0.39, 0.29) is 12.4 Å². The molecule has 0 saturated heterocycles. The third-order valence-corrected chi connectivity index (χ3v) is 2.25. The van der Waals surface area contributed by atoms with E-state index in [0.717, 1.165) is 11.1 Å². The lowest BCUT2D eigenvalue weighted by atomic mass is 10.0. The minimum Gasteiger partial charge on any atom is -0.480 e. The lowest BCUT2D eigenvalue weighted by molar-refractivity contribution is -0.138. The van der Waals surface area contributed by atoms with E-state index in [4.69, 9.17) is 22.0 Å². The van der Waals surface area contributed by atoms with E-state index in [9.17, 15) is 4.79 Å². The zero-order valence-corrected chi connectivity index (χ0v) is 9.31. The number of carbonyl (C=O) groups is 1. The second-order valence-electron chi connectivity index (χ2n) is 3.74. The second kappa shape index (κ2) is 5.86. The predicted octanol–water partition coefficient (Wildman–Crippen LogP) is -0.376. The van der Waals surface area contributed by atoms with E-state index in [1.807, 2.05) is 24.3 Å². The van der Waals surface area contributed by atoms with Crippen molar-refractivity contribution in [2.24, 2.45) is 11.5 Å². The molecule has 1 aromatic rings. The summed E-state index contributed by atoms with van der Waals surface area (Å²) >= 11 is 0. The van der Waals surface area contributed by atoms with Gasteiger partial charge in [0.1, 0.15) is 6.04 Å². The first-order valence-corrected chi connectivity index (χ1v) is 5.13. The maximum Gasteiger partial charge on any atom is 0.320 e. The second-order valence-corrected chi connectivity index (χ2v) is 3.74. The van der Waals surface area contributed by atoms with E-state index >= 15 is 0 Å². The molecule has 7 N–H and O–H groups in total. The Bertz CT molecular complexity index is 420. The molecular weight excluding hydrogens is 220 g/mol. The Balaban J connectivity index is 2.65. The lowest BCUT2D eigenvalue weighted by Crippen LogP contribution is -2.32. The fourth-order valence-electron chi connectivity index (χ4n) is 1.41. The monoisotopic (exact) mass is 236 g/mol. The molecule has 0 saturated carbocycles. The highest BCUT2D eigenvalue weighted by molar-refractivity contribution is 5.74. The molecule has 0 amide bonds. The molecule has 0 aliphatic rings. The van der Waals surface area contributed by atoms with Gasteiger partial charge in [0.25, 0.3) is 0 Å². The molecule has 0 heterocycles. The van der Waals surface area contributed by atoms with Gasteiger partial charge in [-0.05, 0) is 17.5 Å². The first kappa shape index (κ1) is 13.0. The van der Waals surface area contributed by atoms with Gasteiger partial charge in [0.05, 0.1) is 0 Å². The molecule has 0 radical (unpaired) electrons. The van der Waals surface area contributed by atoms with Crippen LogP contribution in [0, 0.1) is 5.41 Å². The number of hydrogen-bond donors (Lipinski definition) is 5. The van der Waals surface area contributed by atoms with E-state index in [0.29, 0.717) is 6.54 Å². The first-order valence-electron chi connectivity index (χ1n) is 5.13. The molecule has 0 spiro atoms. The number of benzene rings is 1. The maximum atomic E-state index is 10.6. The van der Waals surface area contributed by atoms with Crippen molar-refractivity contribution >= 4 is 11.9 Å². The van der Waals surface area contributed by atoms with E-state index in [1.165, 1.54) is 0 Å². The Morgan fingerprint density at radius 1 is 1.47 bits per heavy atom. The van der Waals surface area contributed by atoms with Gasteiger partial charge in [-0.25, -0.2) is 0 Å². The minimum atomic E-state index is -1.02. The highest BCUT2D eigenvalue weighted by atomic mass is 16.4. The smallest absolute Gasteiger partial charge is 0.320 e. The van der Waals surface area contributed by atoms with Gasteiger partial charge in [-0.15, -0.1) is 0 Å². The molecule has 0 unspecified atom stereocenters. The third-order valence-electron chi connectivity index (χ3n) is 2.25. The van der Waals surface area contributed by atoms with Crippen LogP contribution >= 0.6 is 0 Å². The van der Waals surface area contributed by atoms with Crippen LogP contribution in [-0.4, -0.2) is 23.1 Å². The van der Waals surface area contributed by atoms with Crippen LogP contribution in [-0.2, 0) is 17.8 Å². The van der Waals surface area contributed by atoms with Gasteiger partial charge in [0, 0.05) is 6.54 Å². The van der Waals surface area contributed by atoms with Gasteiger partial charge >= 0.3 is 5.97 Å². The average Bonchev–Trinajstić information content (AvgIpc) is 2.26. The van der Waals surface area contributed by atoms with Gasteiger partial charge in [-0.3, -0.25) is 10.2 Å². The zero-order chi connectivity index (χ0) is 12.8. The predicted molar refractivity (Wildman–Crippen MR) is 64.5 cm³/mol. The summed E-state index contributed by atoms with van der Waals surface area (Å²) in [5.41, 5.74) is 12.4. The molecule has 1 aromatic carbocycles. The van der Waals surface area contributed by atoms with Crippen molar-refractivity contribution in [3.8, 4) is 0 Å². The van der Waals surface area contributed by atoms with E-state index in [2.05, 4.69) is 5.32 Å². The summed E-state index contributed by atoms with van der Waals surface area (Å²) in [5, 5.41) is 18.4. The quantitative estimate of drug-likeness (QED) is 0.352. The van der Waals surface area contributed by atoms with Crippen molar-refractivity contribution < 1.29 is 9.90 Å². The standard InChI is InChI=1S/C11H16N4O2/c12-9(10(16)17)5-7-2-1-3-8(4-7)6-15-11(13)14/h1-4,9H,5-6,12H2,(H,16,17)(H4,13,14,15)/t9-/m0/s1. The molecule has 0 aromatic heterocycles. The highest BCUT2D eigenvalue weighted by Crippen LogP contribution is 2.07. The van der Waals surface area contributed by atoms with E-state index in [1.54, 1.807) is 0 Å². The van der Waals surface area contributed by atoms with Crippen LogP contribution in [0.5, 0.6) is 0 Å². The van der Waals surface area contributed by atoms with Crippen molar-refractivity contribution in [2.45, 2.75) is 19.0 Å². The summed E-state index contributed by atoms with van der Waals surface area (Å²) in [7, 11) is 0. The Labute approximate surface area is 99.1 Å². The Morgan fingerprint density at radius 2 is 2.12 bits per heavy atom. The maximum absolute atomic E-state index is 10.6. The number of aliphatic carboxylic acids is 1. The van der Waals surface area contributed by atoms with Crippen molar-refractivity contribution in [1.82, 2.24) is 5.32 Å². The molecule has 17 heavy (non-hydrogen) atoms. The largest absolute Gasteiger partial charge is 0.480 e. The van der Waals surface area contributed by atoms with Crippen molar-refractivity contribution in [3.05, 3.63) is 35.4 Å². The van der Waals surface area contributed by atoms with Gasteiger partial charge < -0.3 is 21.9 Å². The molecule has 6 nitrogen and oxygen atoms in total. The SMILES string of the molecule is N=C(N)NCc1cccc(C[C@H](N)C(=O)O)c1. The van der Waals surface area contributed by atoms with Crippen LogP contribution in [0.4, 0.5) is 0 Å². The zero-order valence-electron chi connectivity index (χ0n) is 9.31. The summed E-state index contributed by atoms with van der Waals surface area (Å²) in [4.78, 5) is 10.6. The fraction of sp³-hybridized carbons (Fsp3) is 0.273.